The van der Waals surface area contributed by atoms with Gasteiger partial charge in [0, 0.05) is 22.6 Å². The lowest BCUT2D eigenvalue weighted by Gasteiger charge is -2.35. The van der Waals surface area contributed by atoms with Crippen molar-refractivity contribution in [1.82, 2.24) is 4.98 Å². The summed E-state index contributed by atoms with van der Waals surface area (Å²) in [6.45, 7) is 6.81. The average molecular weight is 675 g/mol. The Hall–Kier alpha value is -5.77. The molecule has 9 rings (SSSR count). The molecule has 0 spiro atoms. The second-order valence-electron chi connectivity index (χ2n) is 14.4. The van der Waals surface area contributed by atoms with Crippen LogP contribution in [0.5, 0.6) is 0 Å². The summed E-state index contributed by atoms with van der Waals surface area (Å²) < 4.78 is 1.17. The summed E-state index contributed by atoms with van der Waals surface area (Å²) in [6.07, 6.45) is 0. The molecule has 246 valence electrons. The molecule has 1 heterocycles. The van der Waals surface area contributed by atoms with Gasteiger partial charge in [-0.2, -0.15) is 0 Å². The van der Waals surface area contributed by atoms with Gasteiger partial charge in [-0.15, -0.1) is 11.3 Å². The molecule has 1 aliphatic carbocycles. The van der Waals surface area contributed by atoms with Gasteiger partial charge in [0.15, 0.2) is 0 Å². The number of fused-ring (bicyclic) bond motifs is 4. The van der Waals surface area contributed by atoms with Crippen molar-refractivity contribution in [2.24, 2.45) is 0 Å². The summed E-state index contributed by atoms with van der Waals surface area (Å²) in [7, 11) is 0. The number of aromatic nitrogens is 1. The second kappa shape index (κ2) is 12.2. The molecule has 0 N–H and O–H groups in total. The molecule has 0 atom stereocenters. The fraction of sp³-hybridized carbons (Fsp3) is 0.104. The Kier molecular flexibility index (Phi) is 7.49. The molecule has 0 aliphatic heterocycles. The van der Waals surface area contributed by atoms with Crippen molar-refractivity contribution < 1.29 is 0 Å². The van der Waals surface area contributed by atoms with Crippen molar-refractivity contribution in [2.75, 3.05) is 4.90 Å². The van der Waals surface area contributed by atoms with E-state index in [1.165, 1.54) is 43.6 Å². The monoisotopic (exact) mass is 674 g/mol. The van der Waals surface area contributed by atoms with Crippen LogP contribution in [0.2, 0.25) is 0 Å². The first-order chi connectivity index (χ1) is 24.9. The topological polar surface area (TPSA) is 16.1 Å². The third kappa shape index (κ3) is 5.19. The largest absolute Gasteiger partial charge is 0.310 e. The zero-order valence-corrected chi connectivity index (χ0v) is 29.9. The molecular formula is C48H38N2S. The predicted molar refractivity (Wildman–Crippen MR) is 216 cm³/mol. The summed E-state index contributed by atoms with van der Waals surface area (Å²) in [4.78, 5) is 7.44. The maximum atomic E-state index is 5.02. The van der Waals surface area contributed by atoms with E-state index in [0.29, 0.717) is 0 Å². The van der Waals surface area contributed by atoms with E-state index in [4.69, 9.17) is 4.98 Å². The van der Waals surface area contributed by atoms with Crippen LogP contribution in [0, 0.1) is 0 Å². The highest BCUT2D eigenvalue weighted by molar-refractivity contribution is 7.21. The van der Waals surface area contributed by atoms with Crippen LogP contribution in [0.4, 0.5) is 17.1 Å². The van der Waals surface area contributed by atoms with E-state index in [0.717, 1.165) is 33.1 Å². The Morgan fingerprint density at radius 3 is 1.73 bits per heavy atom. The summed E-state index contributed by atoms with van der Waals surface area (Å²) >= 11 is 1.75. The van der Waals surface area contributed by atoms with E-state index < -0.39 is 5.41 Å². The number of hydrogen-bond donors (Lipinski definition) is 0. The second-order valence-corrected chi connectivity index (χ2v) is 15.5. The van der Waals surface area contributed by atoms with Gasteiger partial charge in [0.25, 0.3) is 0 Å². The first-order valence-corrected chi connectivity index (χ1v) is 18.4. The van der Waals surface area contributed by atoms with Crippen molar-refractivity contribution in [3.8, 4) is 21.7 Å². The minimum Gasteiger partial charge on any atom is -0.310 e. The highest BCUT2D eigenvalue weighted by atomic mass is 32.1. The number of nitrogens with zero attached hydrogens (tertiary/aromatic N) is 2. The molecular weight excluding hydrogens is 637 g/mol. The highest BCUT2D eigenvalue weighted by Gasteiger charge is 2.46. The zero-order valence-electron chi connectivity index (χ0n) is 29.0. The number of rotatable bonds is 6. The molecule has 0 unspecified atom stereocenters. The van der Waals surface area contributed by atoms with Crippen LogP contribution in [0.15, 0.2) is 176 Å². The first-order valence-electron chi connectivity index (χ1n) is 17.6. The minimum atomic E-state index is -0.474. The third-order valence-corrected chi connectivity index (χ3v) is 11.4. The Bertz CT molecular complexity index is 2450. The fourth-order valence-corrected chi connectivity index (χ4v) is 8.89. The Morgan fingerprint density at radius 2 is 1.06 bits per heavy atom. The van der Waals surface area contributed by atoms with Crippen LogP contribution in [-0.4, -0.2) is 4.98 Å². The predicted octanol–water partition coefficient (Wildman–Crippen LogP) is 13.1. The molecule has 3 heteroatoms. The molecule has 0 radical (unpaired) electrons. The van der Waals surface area contributed by atoms with Crippen molar-refractivity contribution in [3.63, 3.8) is 0 Å². The van der Waals surface area contributed by atoms with E-state index >= 15 is 0 Å². The molecule has 1 aliphatic rings. The molecule has 2 nitrogen and oxygen atoms in total. The summed E-state index contributed by atoms with van der Waals surface area (Å²) in [6, 6.07) is 64.4. The normalized spacial score (nSPS) is 13.2. The quantitative estimate of drug-likeness (QED) is 0.174. The maximum absolute atomic E-state index is 5.02. The van der Waals surface area contributed by atoms with Crippen molar-refractivity contribution in [2.45, 2.75) is 31.6 Å². The summed E-state index contributed by atoms with van der Waals surface area (Å²) in [5.41, 5.74) is 14.1. The van der Waals surface area contributed by atoms with Crippen LogP contribution in [0.25, 0.3) is 31.9 Å². The van der Waals surface area contributed by atoms with Crippen LogP contribution in [0.3, 0.4) is 0 Å². The van der Waals surface area contributed by atoms with E-state index in [1.807, 2.05) is 0 Å². The number of thiazole rings is 1. The van der Waals surface area contributed by atoms with Crippen LogP contribution in [0.1, 0.15) is 48.6 Å². The lowest BCUT2D eigenvalue weighted by molar-refractivity contribution is 0.590. The van der Waals surface area contributed by atoms with Gasteiger partial charge in [-0.3, -0.25) is 0 Å². The summed E-state index contributed by atoms with van der Waals surface area (Å²) in [5, 5.41) is 1.04. The lowest BCUT2D eigenvalue weighted by atomic mass is 9.67. The van der Waals surface area contributed by atoms with Gasteiger partial charge >= 0.3 is 0 Å². The van der Waals surface area contributed by atoms with E-state index in [-0.39, 0.29) is 5.41 Å². The molecule has 0 bridgehead atoms. The SMILES string of the molecule is CC(C)(C)c1ccc(N(c2ccc3c(c2)C(c2ccccc2)(c2ccccc2)c2ccccc2-3)c2ccc3nc(-c4ccccc4)sc3c2)cc1. The van der Waals surface area contributed by atoms with Crippen LogP contribution < -0.4 is 4.90 Å². The van der Waals surface area contributed by atoms with Crippen LogP contribution >= 0.6 is 11.3 Å². The number of benzene rings is 7. The van der Waals surface area contributed by atoms with Gasteiger partial charge in [0.05, 0.1) is 15.6 Å². The first kappa shape index (κ1) is 31.2. The van der Waals surface area contributed by atoms with Gasteiger partial charge in [-0.05, 0) is 86.8 Å². The van der Waals surface area contributed by atoms with Crippen LogP contribution in [-0.2, 0) is 10.8 Å². The van der Waals surface area contributed by atoms with E-state index in [2.05, 4.69) is 202 Å². The highest BCUT2D eigenvalue weighted by Crippen LogP contribution is 2.57. The average Bonchev–Trinajstić information content (AvgIpc) is 3.73. The van der Waals surface area contributed by atoms with Crippen molar-refractivity contribution >= 4 is 38.6 Å². The van der Waals surface area contributed by atoms with Gasteiger partial charge < -0.3 is 4.90 Å². The molecule has 0 saturated carbocycles. The molecule has 0 amide bonds. The van der Waals surface area contributed by atoms with Gasteiger partial charge in [0.1, 0.15) is 5.01 Å². The lowest BCUT2D eigenvalue weighted by Crippen LogP contribution is -2.28. The molecule has 7 aromatic carbocycles. The third-order valence-electron chi connectivity index (χ3n) is 10.3. The zero-order chi connectivity index (χ0) is 34.6. The van der Waals surface area contributed by atoms with Crippen molar-refractivity contribution in [1.29, 1.82) is 0 Å². The maximum Gasteiger partial charge on any atom is 0.124 e. The molecule has 0 saturated heterocycles. The number of hydrogen-bond acceptors (Lipinski definition) is 3. The van der Waals surface area contributed by atoms with E-state index in [9.17, 15) is 0 Å². The van der Waals surface area contributed by atoms with E-state index in [1.54, 1.807) is 11.3 Å². The number of anilines is 3. The standard InChI is InChI=1S/C48H38N2S/c1-47(2,3)34-23-25-37(26-24-34)50(39-28-30-44-45(32-39)51-46(49-44)33-15-7-4-8-16-33)38-27-29-41-40-21-13-14-22-42(40)48(43(41)31-38,35-17-9-5-10-18-35)36-19-11-6-12-20-36/h4-32H,1-3H3. The van der Waals surface area contributed by atoms with Gasteiger partial charge in [-0.1, -0.05) is 154 Å². The summed E-state index contributed by atoms with van der Waals surface area (Å²) in [5.74, 6) is 0. The minimum absolute atomic E-state index is 0.0586. The fourth-order valence-electron chi connectivity index (χ4n) is 7.89. The molecule has 1 aromatic heterocycles. The Balaban J connectivity index is 1.28. The van der Waals surface area contributed by atoms with Crippen molar-refractivity contribution in [3.05, 3.63) is 204 Å². The molecule has 51 heavy (non-hydrogen) atoms. The van der Waals surface area contributed by atoms with Gasteiger partial charge in [-0.25, -0.2) is 4.98 Å². The Morgan fingerprint density at radius 1 is 0.510 bits per heavy atom. The van der Waals surface area contributed by atoms with Gasteiger partial charge in [0.2, 0.25) is 0 Å². The molecule has 8 aromatic rings. The smallest absolute Gasteiger partial charge is 0.124 e. The Labute approximate surface area is 304 Å². The molecule has 0 fully saturated rings.